The molecule has 3 N–H and O–H groups in total. The number of nitrogen functional groups attached to an aromatic ring is 1. The van der Waals surface area contributed by atoms with Gasteiger partial charge in [-0.15, -0.1) is 0 Å². The van der Waals surface area contributed by atoms with Gasteiger partial charge >= 0.3 is 11.9 Å². The van der Waals surface area contributed by atoms with Crippen molar-refractivity contribution < 1.29 is 43.1 Å². The Morgan fingerprint density at radius 2 is 1.74 bits per heavy atom. The number of pyridine rings is 1. The fourth-order valence-corrected chi connectivity index (χ4v) is 5.53. The quantitative estimate of drug-likeness (QED) is 0.478. The summed E-state index contributed by atoms with van der Waals surface area (Å²) in [5.74, 6) is -1.66. The number of aromatic nitrogens is 1. The van der Waals surface area contributed by atoms with Gasteiger partial charge in [-0.05, 0) is 47.5 Å². The van der Waals surface area contributed by atoms with Crippen LogP contribution in [0.15, 0.2) is 42.6 Å². The molecule has 3 aromatic rings. The molecule has 0 saturated carbocycles. The van der Waals surface area contributed by atoms with Gasteiger partial charge in [0.15, 0.2) is 23.0 Å². The van der Waals surface area contributed by atoms with E-state index in [-0.39, 0.29) is 42.0 Å². The number of hydrogen-bond acceptors (Lipinski definition) is 11. The van der Waals surface area contributed by atoms with Crippen molar-refractivity contribution in [2.24, 2.45) is 11.8 Å². The van der Waals surface area contributed by atoms with Crippen molar-refractivity contribution in [3.63, 3.8) is 0 Å². The summed E-state index contributed by atoms with van der Waals surface area (Å²) in [5.41, 5.74) is 8.00. The second-order valence-corrected chi connectivity index (χ2v) is 9.17. The molecule has 2 aromatic carbocycles. The molecule has 1 aromatic heterocycles. The lowest BCUT2D eigenvalue weighted by Gasteiger charge is -2.38. The van der Waals surface area contributed by atoms with Crippen LogP contribution in [0.4, 0.5) is 5.82 Å². The van der Waals surface area contributed by atoms with Crippen LogP contribution in [-0.2, 0) is 14.3 Å². The summed E-state index contributed by atoms with van der Waals surface area (Å²) in [6.45, 7) is 0.0794. The van der Waals surface area contributed by atoms with E-state index in [1.807, 2.05) is 0 Å². The Hall–Kier alpha value is -4.67. The predicted molar refractivity (Wildman–Crippen MR) is 130 cm³/mol. The van der Waals surface area contributed by atoms with Crippen LogP contribution in [0.2, 0.25) is 0 Å². The number of ether oxygens (including phenoxy) is 6. The van der Waals surface area contributed by atoms with E-state index < -0.39 is 35.8 Å². The Labute approximate surface area is 217 Å². The zero-order chi connectivity index (χ0) is 26.6. The van der Waals surface area contributed by atoms with Crippen LogP contribution in [0.1, 0.15) is 39.1 Å². The maximum atomic E-state index is 13.2. The lowest BCUT2D eigenvalue weighted by atomic mass is 9.66. The zero-order valence-corrected chi connectivity index (χ0v) is 20.5. The first-order valence-corrected chi connectivity index (χ1v) is 11.9. The maximum absolute atomic E-state index is 13.2. The third-order valence-electron chi connectivity index (χ3n) is 7.27. The highest BCUT2D eigenvalue weighted by Gasteiger charge is 2.54. The number of anilines is 1. The minimum Gasteiger partial charge on any atom is -0.502 e. The second kappa shape index (κ2) is 9.02. The summed E-state index contributed by atoms with van der Waals surface area (Å²) in [6, 6.07) is 9.98. The fraction of sp³-hybridized carbons (Fsp3) is 0.296. The van der Waals surface area contributed by atoms with Crippen LogP contribution in [-0.4, -0.2) is 49.6 Å². The van der Waals surface area contributed by atoms with Crippen LogP contribution >= 0.6 is 0 Å². The van der Waals surface area contributed by atoms with Crippen molar-refractivity contribution in [2.75, 3.05) is 33.4 Å². The number of methoxy groups -OCH3 is 2. The minimum absolute atomic E-state index is 0.0370. The molecule has 0 radical (unpaired) electrons. The molecule has 0 spiro atoms. The van der Waals surface area contributed by atoms with Gasteiger partial charge in [0.25, 0.3) is 0 Å². The highest BCUT2D eigenvalue weighted by molar-refractivity contribution is 5.94. The van der Waals surface area contributed by atoms with E-state index in [1.54, 1.807) is 30.3 Å². The number of carbonyl (C=O) groups is 2. The van der Waals surface area contributed by atoms with Gasteiger partial charge in [0.1, 0.15) is 17.5 Å². The summed E-state index contributed by atoms with van der Waals surface area (Å²) in [5, 5.41) is 10.5. The topological polar surface area (TPSA) is 149 Å². The van der Waals surface area contributed by atoms with Crippen LogP contribution in [0, 0.1) is 11.8 Å². The molecular weight excluding hydrogens is 496 g/mol. The third kappa shape index (κ3) is 3.61. The molecule has 6 rings (SSSR count). The summed E-state index contributed by atoms with van der Waals surface area (Å²) >= 11 is 0. The Balaban J connectivity index is 1.52. The lowest BCUT2D eigenvalue weighted by molar-refractivity contribution is -0.141. The van der Waals surface area contributed by atoms with Crippen molar-refractivity contribution in [3.05, 3.63) is 64.8 Å². The molecule has 0 bridgehead atoms. The first kappa shape index (κ1) is 23.7. The Bertz CT molecular complexity index is 1430. The van der Waals surface area contributed by atoms with Crippen molar-refractivity contribution in [3.8, 4) is 28.7 Å². The minimum atomic E-state index is -0.847. The van der Waals surface area contributed by atoms with Crippen LogP contribution in [0.5, 0.6) is 28.7 Å². The van der Waals surface area contributed by atoms with Crippen molar-refractivity contribution >= 4 is 17.8 Å². The van der Waals surface area contributed by atoms with Gasteiger partial charge < -0.3 is 39.3 Å². The molecule has 3 heterocycles. The molecule has 11 nitrogen and oxygen atoms in total. The Morgan fingerprint density at radius 3 is 2.39 bits per heavy atom. The fourth-order valence-electron chi connectivity index (χ4n) is 5.53. The summed E-state index contributed by atoms with van der Waals surface area (Å²) < 4.78 is 33.5. The van der Waals surface area contributed by atoms with Gasteiger partial charge in [0.05, 0.1) is 26.7 Å². The van der Waals surface area contributed by atoms with Gasteiger partial charge in [-0.3, -0.25) is 4.79 Å². The van der Waals surface area contributed by atoms with E-state index in [9.17, 15) is 14.7 Å². The maximum Gasteiger partial charge on any atom is 0.342 e. The number of esters is 2. The van der Waals surface area contributed by atoms with Gasteiger partial charge in [0.2, 0.25) is 12.5 Å². The van der Waals surface area contributed by atoms with Gasteiger partial charge in [0, 0.05) is 23.6 Å². The largest absolute Gasteiger partial charge is 0.502 e. The number of nitrogens with two attached hydrogens (primary N) is 1. The second-order valence-electron chi connectivity index (χ2n) is 9.17. The molecule has 3 aliphatic rings. The van der Waals surface area contributed by atoms with Gasteiger partial charge in [-0.2, -0.15) is 0 Å². The van der Waals surface area contributed by atoms with E-state index >= 15 is 0 Å². The zero-order valence-electron chi connectivity index (χ0n) is 20.5. The smallest absolute Gasteiger partial charge is 0.342 e. The molecule has 11 heteroatoms. The summed E-state index contributed by atoms with van der Waals surface area (Å²) in [6.07, 6.45) is 0.632. The monoisotopic (exact) mass is 520 g/mol. The molecule has 196 valence electrons. The molecule has 2 aliphatic heterocycles. The average molecular weight is 520 g/mol. The third-order valence-corrected chi connectivity index (χ3v) is 7.27. The molecule has 0 amide bonds. The molecule has 4 atom stereocenters. The number of phenols is 1. The summed E-state index contributed by atoms with van der Waals surface area (Å²) in [4.78, 5) is 30.4. The van der Waals surface area contributed by atoms with E-state index in [2.05, 4.69) is 4.98 Å². The Kier molecular flexibility index (Phi) is 5.63. The van der Waals surface area contributed by atoms with Gasteiger partial charge in [-0.25, -0.2) is 9.78 Å². The predicted octanol–water partition coefficient (Wildman–Crippen LogP) is 2.95. The highest BCUT2D eigenvalue weighted by Crippen LogP contribution is 2.56. The number of benzene rings is 2. The molecule has 0 unspecified atom stereocenters. The van der Waals surface area contributed by atoms with E-state index in [4.69, 9.17) is 34.2 Å². The van der Waals surface area contributed by atoms with Gasteiger partial charge in [-0.1, -0.05) is 0 Å². The van der Waals surface area contributed by atoms with Crippen LogP contribution < -0.4 is 24.7 Å². The summed E-state index contributed by atoms with van der Waals surface area (Å²) in [7, 11) is 2.86. The van der Waals surface area contributed by atoms with E-state index in [1.165, 1.54) is 26.5 Å². The number of phenolic OH excluding ortho intramolecular Hbond substituents is 1. The van der Waals surface area contributed by atoms with Crippen molar-refractivity contribution in [2.45, 2.75) is 12.0 Å². The average Bonchev–Trinajstić information content (AvgIpc) is 3.54. The number of cyclic esters (lactones) is 1. The van der Waals surface area contributed by atoms with Crippen molar-refractivity contribution in [1.29, 1.82) is 0 Å². The van der Waals surface area contributed by atoms with E-state index in [0.29, 0.717) is 28.2 Å². The molecular formula is C27H24N2O9. The van der Waals surface area contributed by atoms with E-state index in [0.717, 1.165) is 0 Å². The normalized spacial score (nSPS) is 22.7. The molecule has 1 saturated heterocycles. The van der Waals surface area contributed by atoms with Crippen LogP contribution in [0.25, 0.3) is 0 Å². The SMILES string of the molecule is COc1cc([C@@H]2c3cc4c(cc3[C@@H](OC(=O)c3cccnc3N)[C@H]3COC(=O)[C@H]23)OCO4)cc(OC)c1O. The highest BCUT2D eigenvalue weighted by atomic mass is 16.7. The van der Waals surface area contributed by atoms with Crippen molar-refractivity contribution in [1.82, 2.24) is 4.98 Å². The number of fused-ring (bicyclic) bond motifs is 3. The number of rotatable bonds is 5. The first-order chi connectivity index (χ1) is 18.4. The standard InChI is InChI=1S/C27H24N2O9/c1-33-19-6-12(7-20(34-2)23(19)30)21-14-8-17-18(37-11-36-17)9-15(14)24(16-10-35-27(32)22(16)21)38-26(31)13-4-3-5-29-25(13)28/h3-9,16,21-22,24,30H,10-11H2,1-2H3,(H2,28,29)/t16-,21+,22-,24+/m0/s1. The van der Waals surface area contributed by atoms with Crippen LogP contribution in [0.3, 0.4) is 0 Å². The molecule has 38 heavy (non-hydrogen) atoms. The lowest BCUT2D eigenvalue weighted by Crippen LogP contribution is -2.36. The first-order valence-electron chi connectivity index (χ1n) is 11.9. The molecule has 1 aliphatic carbocycles. The number of hydrogen-bond donors (Lipinski definition) is 2. The molecule has 1 fully saturated rings. The Morgan fingerprint density at radius 1 is 1.05 bits per heavy atom. The number of carbonyl (C=O) groups excluding carboxylic acids is 2. The number of aromatic hydroxyl groups is 1. The number of nitrogens with zero attached hydrogens (tertiary/aromatic N) is 1.